The number of nitro groups is 1. The summed E-state index contributed by atoms with van der Waals surface area (Å²) >= 11 is 0. The standard InChI is InChI=1S/C21H27N3O6.HI/c1-13-17(20(25)29-6)19(15-8-7-9-16(12-15)23(27)28)18(14(2)22-13)21(26)30-11-10-24(3,4)5;/h7-9,12,19H,10-11H2,1-6H3;1H. The number of likely N-dealkylation sites (N-methyl/N-ethyl adjacent to an activating group) is 1. The largest absolute Gasteiger partial charge is 1.00 e. The first-order chi connectivity index (χ1) is 14.0. The van der Waals surface area contributed by atoms with Crippen LogP contribution in [0.5, 0.6) is 0 Å². The predicted octanol–water partition coefficient (Wildman–Crippen LogP) is -0.744. The lowest BCUT2D eigenvalue weighted by atomic mass is 9.80. The summed E-state index contributed by atoms with van der Waals surface area (Å²) in [6, 6.07) is 5.88. The molecule has 31 heavy (non-hydrogen) atoms. The molecule has 170 valence electrons. The summed E-state index contributed by atoms with van der Waals surface area (Å²) in [5, 5.41) is 14.3. The van der Waals surface area contributed by atoms with Gasteiger partial charge in [0.2, 0.25) is 0 Å². The minimum absolute atomic E-state index is 0. The molecule has 0 aromatic heterocycles. The van der Waals surface area contributed by atoms with Crippen molar-refractivity contribution in [2.45, 2.75) is 19.8 Å². The second kappa shape index (κ2) is 10.7. The third-order valence-corrected chi connectivity index (χ3v) is 4.80. The van der Waals surface area contributed by atoms with Gasteiger partial charge in [-0.25, -0.2) is 9.59 Å². The van der Waals surface area contributed by atoms with Gasteiger partial charge < -0.3 is 43.3 Å². The van der Waals surface area contributed by atoms with Gasteiger partial charge >= 0.3 is 11.9 Å². The van der Waals surface area contributed by atoms with E-state index in [4.69, 9.17) is 9.47 Å². The van der Waals surface area contributed by atoms with Crippen molar-refractivity contribution in [2.75, 3.05) is 41.4 Å². The first kappa shape index (κ1) is 26.6. The number of ether oxygens (including phenoxy) is 2. The molecule has 0 radical (unpaired) electrons. The summed E-state index contributed by atoms with van der Waals surface area (Å²) in [7, 11) is 7.19. The zero-order valence-corrected chi connectivity index (χ0v) is 20.7. The summed E-state index contributed by atoms with van der Waals surface area (Å²) in [6.07, 6.45) is 0. The highest BCUT2D eigenvalue weighted by molar-refractivity contribution is 5.99. The average Bonchev–Trinajstić information content (AvgIpc) is 2.65. The van der Waals surface area contributed by atoms with Crippen molar-refractivity contribution in [1.29, 1.82) is 0 Å². The lowest BCUT2D eigenvalue weighted by molar-refractivity contribution is -0.870. The topological polar surface area (TPSA) is 108 Å². The quantitative estimate of drug-likeness (QED) is 0.158. The number of nitrogens with one attached hydrogen (secondary N) is 1. The van der Waals surface area contributed by atoms with Gasteiger partial charge in [-0.2, -0.15) is 0 Å². The molecule has 1 aliphatic heterocycles. The summed E-state index contributed by atoms with van der Waals surface area (Å²) in [5.74, 6) is -2.06. The van der Waals surface area contributed by atoms with Gasteiger partial charge in [0.15, 0.2) is 0 Å². The fourth-order valence-electron chi connectivity index (χ4n) is 3.29. The van der Waals surface area contributed by atoms with E-state index in [1.807, 2.05) is 21.1 Å². The summed E-state index contributed by atoms with van der Waals surface area (Å²) in [6.45, 7) is 4.19. The number of methoxy groups -OCH3 is 1. The SMILES string of the molecule is COC(=O)C1=C(C)NC(C)=C(C(=O)OCC[N+](C)(C)C)C1c1cccc([N+](=O)[O-])c1.[I-]. The van der Waals surface area contributed by atoms with Gasteiger partial charge in [0.25, 0.3) is 5.69 Å². The van der Waals surface area contributed by atoms with E-state index < -0.39 is 22.8 Å². The Bertz CT molecular complexity index is 933. The van der Waals surface area contributed by atoms with Crippen LogP contribution in [0.25, 0.3) is 0 Å². The van der Waals surface area contributed by atoms with E-state index in [1.54, 1.807) is 19.9 Å². The second-order valence-corrected chi connectivity index (χ2v) is 8.13. The number of dihydropyridines is 1. The van der Waals surface area contributed by atoms with Crippen LogP contribution in [0.4, 0.5) is 5.69 Å². The van der Waals surface area contributed by atoms with Crippen LogP contribution in [0.15, 0.2) is 46.8 Å². The smallest absolute Gasteiger partial charge is 0.336 e. The zero-order valence-electron chi connectivity index (χ0n) is 18.5. The molecule has 0 saturated carbocycles. The number of quaternary nitrogens is 1. The van der Waals surface area contributed by atoms with E-state index in [0.29, 0.717) is 28.0 Å². The number of nitrogens with zero attached hydrogens (tertiary/aromatic N) is 2. The van der Waals surface area contributed by atoms with Crippen LogP contribution in [0.2, 0.25) is 0 Å². The first-order valence-corrected chi connectivity index (χ1v) is 9.45. The van der Waals surface area contributed by atoms with Gasteiger partial charge in [0.1, 0.15) is 13.2 Å². The summed E-state index contributed by atoms with van der Waals surface area (Å²) < 4.78 is 11.0. The van der Waals surface area contributed by atoms with E-state index in [-0.39, 0.29) is 47.4 Å². The number of benzene rings is 1. The molecule has 1 unspecified atom stereocenters. The maximum atomic E-state index is 13.0. The molecule has 0 aliphatic carbocycles. The Balaban J connectivity index is 0.00000480. The molecular formula is C21H28IN3O6. The van der Waals surface area contributed by atoms with E-state index in [0.717, 1.165) is 0 Å². The molecule has 2 rings (SSSR count). The molecule has 10 heteroatoms. The fraction of sp³-hybridized carbons (Fsp3) is 0.429. The highest BCUT2D eigenvalue weighted by Crippen LogP contribution is 2.40. The molecular weight excluding hydrogens is 517 g/mol. The van der Waals surface area contributed by atoms with Crippen LogP contribution < -0.4 is 29.3 Å². The van der Waals surface area contributed by atoms with Crippen LogP contribution in [0.1, 0.15) is 25.3 Å². The minimum Gasteiger partial charge on any atom is -1.00 e. The molecule has 1 aromatic carbocycles. The Kier molecular flexibility index (Phi) is 9.18. The number of nitro benzene ring substituents is 1. The molecule has 1 N–H and O–H groups in total. The first-order valence-electron chi connectivity index (χ1n) is 9.45. The number of hydrogen-bond donors (Lipinski definition) is 1. The van der Waals surface area contributed by atoms with Crippen LogP contribution in [-0.2, 0) is 19.1 Å². The Morgan fingerprint density at radius 1 is 1.13 bits per heavy atom. The van der Waals surface area contributed by atoms with Gasteiger partial charge in [-0.1, -0.05) is 12.1 Å². The van der Waals surface area contributed by atoms with Gasteiger partial charge in [-0.15, -0.1) is 0 Å². The lowest BCUT2D eigenvalue weighted by Gasteiger charge is -2.30. The molecule has 0 spiro atoms. The Hall–Kier alpha value is -2.47. The second-order valence-electron chi connectivity index (χ2n) is 8.13. The van der Waals surface area contributed by atoms with Crippen molar-refractivity contribution in [3.63, 3.8) is 0 Å². The molecule has 1 heterocycles. The normalized spacial score (nSPS) is 16.3. The molecule has 1 aromatic rings. The van der Waals surface area contributed by atoms with Gasteiger partial charge in [-0.05, 0) is 19.4 Å². The monoisotopic (exact) mass is 545 g/mol. The van der Waals surface area contributed by atoms with Crippen molar-refractivity contribution in [1.82, 2.24) is 5.32 Å². The molecule has 1 aliphatic rings. The average molecular weight is 545 g/mol. The molecule has 0 amide bonds. The Labute approximate surface area is 198 Å². The van der Waals surface area contributed by atoms with Gasteiger partial charge in [0.05, 0.1) is 50.2 Å². The number of carbonyl (C=O) groups is 2. The third-order valence-electron chi connectivity index (χ3n) is 4.80. The Morgan fingerprint density at radius 2 is 1.71 bits per heavy atom. The van der Waals surface area contributed by atoms with Crippen molar-refractivity contribution >= 4 is 17.6 Å². The molecule has 0 fully saturated rings. The minimum atomic E-state index is -0.852. The van der Waals surface area contributed by atoms with Crippen molar-refractivity contribution in [3.8, 4) is 0 Å². The molecule has 9 nitrogen and oxygen atoms in total. The number of halogens is 1. The van der Waals surface area contributed by atoms with Crippen LogP contribution in [0, 0.1) is 10.1 Å². The highest BCUT2D eigenvalue weighted by atomic mass is 127. The van der Waals surface area contributed by atoms with E-state index in [1.165, 1.54) is 25.3 Å². The number of esters is 2. The van der Waals surface area contributed by atoms with E-state index in [2.05, 4.69) is 5.32 Å². The van der Waals surface area contributed by atoms with Gasteiger partial charge in [0, 0.05) is 23.5 Å². The predicted molar refractivity (Wildman–Crippen MR) is 110 cm³/mol. The van der Waals surface area contributed by atoms with Crippen LogP contribution >= 0.6 is 0 Å². The molecule has 1 atom stereocenters. The van der Waals surface area contributed by atoms with Crippen molar-refractivity contribution in [2.24, 2.45) is 0 Å². The van der Waals surface area contributed by atoms with Crippen molar-refractivity contribution < 1.29 is 52.4 Å². The molecule has 0 bridgehead atoms. The lowest BCUT2D eigenvalue weighted by Crippen LogP contribution is -3.00. The van der Waals surface area contributed by atoms with Crippen LogP contribution in [0.3, 0.4) is 0 Å². The number of allylic oxidation sites excluding steroid dienone is 2. The summed E-state index contributed by atoms with van der Waals surface area (Å²) in [5.41, 5.74) is 1.77. The maximum Gasteiger partial charge on any atom is 0.336 e. The number of hydrogen-bond acceptors (Lipinski definition) is 7. The van der Waals surface area contributed by atoms with Gasteiger partial charge in [-0.3, -0.25) is 10.1 Å². The zero-order chi connectivity index (χ0) is 22.6. The van der Waals surface area contributed by atoms with Crippen LogP contribution in [-0.4, -0.2) is 62.7 Å². The van der Waals surface area contributed by atoms with E-state index >= 15 is 0 Å². The van der Waals surface area contributed by atoms with Crippen molar-refractivity contribution in [3.05, 3.63) is 62.5 Å². The fourth-order valence-corrected chi connectivity index (χ4v) is 3.29. The van der Waals surface area contributed by atoms with E-state index in [9.17, 15) is 19.7 Å². The molecule has 0 saturated heterocycles. The maximum absolute atomic E-state index is 13.0. The summed E-state index contributed by atoms with van der Waals surface area (Å²) in [4.78, 5) is 36.3. The third kappa shape index (κ3) is 6.50. The highest BCUT2D eigenvalue weighted by Gasteiger charge is 2.38. The number of non-ortho nitro benzene ring substituents is 1. The Morgan fingerprint density at radius 3 is 2.23 bits per heavy atom. The number of carbonyl (C=O) groups excluding carboxylic acids is 2. The number of rotatable bonds is 7.